The number of methoxy groups -OCH3 is 2. The molecule has 24 heavy (non-hydrogen) atoms. The van der Waals surface area contributed by atoms with E-state index in [-0.39, 0.29) is 18.0 Å². The molecule has 0 spiro atoms. The zero-order valence-corrected chi connectivity index (χ0v) is 13.4. The van der Waals surface area contributed by atoms with Gasteiger partial charge >= 0.3 is 11.9 Å². The highest BCUT2D eigenvalue weighted by atomic mass is 16.5. The van der Waals surface area contributed by atoms with E-state index in [9.17, 15) is 9.59 Å². The van der Waals surface area contributed by atoms with E-state index >= 15 is 0 Å². The molecule has 124 valence electrons. The topological polar surface area (TPSA) is 74.7 Å². The first-order valence-corrected chi connectivity index (χ1v) is 7.10. The molecule has 1 aromatic heterocycles. The second kappa shape index (κ2) is 7.92. The first-order chi connectivity index (χ1) is 11.6. The zero-order chi connectivity index (χ0) is 17.5. The largest absolute Gasteiger partial charge is 0.489 e. The molecule has 0 aliphatic heterocycles. The van der Waals surface area contributed by atoms with E-state index in [0.717, 1.165) is 11.1 Å². The molecule has 0 bridgehead atoms. The zero-order valence-electron chi connectivity index (χ0n) is 13.4. The molecule has 2 rings (SSSR count). The van der Waals surface area contributed by atoms with Crippen LogP contribution in [0.1, 0.15) is 32.1 Å². The number of nitrogens with zero attached hydrogens (tertiary/aromatic N) is 1. The lowest BCUT2D eigenvalue weighted by molar-refractivity contribution is 0.0584. The summed E-state index contributed by atoms with van der Waals surface area (Å²) in [5, 5.41) is 0. The van der Waals surface area contributed by atoms with Gasteiger partial charge in [-0.05, 0) is 11.1 Å². The SMILES string of the molecule is C=Cc1ccc(COc2cc(C(=O)OC)nc(C(=O)OC)c2)cc1. The number of benzene rings is 1. The van der Waals surface area contributed by atoms with Crippen molar-refractivity contribution in [2.45, 2.75) is 6.61 Å². The van der Waals surface area contributed by atoms with Gasteiger partial charge in [0.15, 0.2) is 11.4 Å². The van der Waals surface area contributed by atoms with E-state index in [1.807, 2.05) is 24.3 Å². The number of ether oxygens (including phenoxy) is 3. The minimum Gasteiger partial charge on any atom is -0.489 e. The molecule has 0 unspecified atom stereocenters. The van der Waals surface area contributed by atoms with Gasteiger partial charge in [-0.15, -0.1) is 0 Å². The van der Waals surface area contributed by atoms with Crippen molar-refractivity contribution in [2.24, 2.45) is 0 Å². The van der Waals surface area contributed by atoms with Gasteiger partial charge in [-0.3, -0.25) is 0 Å². The first kappa shape index (κ1) is 17.2. The van der Waals surface area contributed by atoms with Crippen molar-refractivity contribution >= 4 is 18.0 Å². The molecule has 6 heteroatoms. The predicted octanol–water partition coefficient (Wildman–Crippen LogP) is 2.88. The number of hydrogen-bond donors (Lipinski definition) is 0. The fourth-order valence-electron chi connectivity index (χ4n) is 1.92. The van der Waals surface area contributed by atoms with Gasteiger partial charge < -0.3 is 14.2 Å². The maximum Gasteiger partial charge on any atom is 0.356 e. The monoisotopic (exact) mass is 327 g/mol. The van der Waals surface area contributed by atoms with Gasteiger partial charge in [0.05, 0.1) is 14.2 Å². The maximum atomic E-state index is 11.7. The third-order valence-corrected chi connectivity index (χ3v) is 3.21. The molecular formula is C18H17NO5. The van der Waals surface area contributed by atoms with Crippen LogP contribution in [0.15, 0.2) is 43.0 Å². The molecule has 0 N–H and O–H groups in total. The molecule has 0 fully saturated rings. The standard InChI is InChI=1S/C18H17NO5/c1-4-12-5-7-13(8-6-12)11-24-14-9-15(17(20)22-2)19-16(10-14)18(21)23-3/h4-10H,1,11H2,2-3H3. The smallest absolute Gasteiger partial charge is 0.356 e. The van der Waals surface area contributed by atoms with Crippen LogP contribution in [0.5, 0.6) is 5.75 Å². The molecule has 0 aliphatic carbocycles. The second-order valence-corrected chi connectivity index (χ2v) is 4.79. The van der Waals surface area contributed by atoms with Crippen LogP contribution in [0.2, 0.25) is 0 Å². The van der Waals surface area contributed by atoms with Crippen LogP contribution >= 0.6 is 0 Å². The quantitative estimate of drug-likeness (QED) is 0.760. The highest BCUT2D eigenvalue weighted by Crippen LogP contribution is 2.18. The molecule has 6 nitrogen and oxygen atoms in total. The first-order valence-electron chi connectivity index (χ1n) is 7.10. The Morgan fingerprint density at radius 2 is 1.58 bits per heavy atom. The van der Waals surface area contributed by atoms with E-state index in [1.54, 1.807) is 6.08 Å². The summed E-state index contributed by atoms with van der Waals surface area (Å²) in [6.07, 6.45) is 1.75. The van der Waals surface area contributed by atoms with Crippen LogP contribution in [0, 0.1) is 0 Å². The van der Waals surface area contributed by atoms with Gasteiger partial charge in [0.1, 0.15) is 12.4 Å². The van der Waals surface area contributed by atoms with Crippen molar-refractivity contribution in [3.8, 4) is 5.75 Å². The van der Waals surface area contributed by atoms with Crippen molar-refractivity contribution in [3.63, 3.8) is 0 Å². The van der Waals surface area contributed by atoms with Gasteiger partial charge in [0, 0.05) is 12.1 Å². The minimum absolute atomic E-state index is 0.0302. The Kier molecular flexibility index (Phi) is 5.68. The number of carbonyl (C=O) groups excluding carboxylic acids is 2. The Hall–Kier alpha value is -3.15. The average Bonchev–Trinajstić information content (AvgIpc) is 2.65. The molecule has 0 saturated heterocycles. The van der Waals surface area contributed by atoms with Crippen molar-refractivity contribution in [1.29, 1.82) is 0 Å². The lowest BCUT2D eigenvalue weighted by Gasteiger charge is -2.09. The van der Waals surface area contributed by atoms with Crippen LogP contribution < -0.4 is 4.74 Å². The molecule has 1 heterocycles. The molecule has 1 aromatic carbocycles. The van der Waals surface area contributed by atoms with E-state index in [0.29, 0.717) is 5.75 Å². The molecule has 0 saturated carbocycles. The van der Waals surface area contributed by atoms with Crippen molar-refractivity contribution in [2.75, 3.05) is 14.2 Å². The summed E-state index contributed by atoms with van der Waals surface area (Å²) < 4.78 is 14.9. The van der Waals surface area contributed by atoms with Crippen LogP contribution in [0.4, 0.5) is 0 Å². The molecular weight excluding hydrogens is 310 g/mol. The fourth-order valence-corrected chi connectivity index (χ4v) is 1.92. The summed E-state index contributed by atoms with van der Waals surface area (Å²) >= 11 is 0. The lowest BCUT2D eigenvalue weighted by atomic mass is 10.1. The van der Waals surface area contributed by atoms with E-state index in [4.69, 9.17) is 4.74 Å². The summed E-state index contributed by atoms with van der Waals surface area (Å²) in [5.41, 5.74) is 1.87. The third kappa shape index (κ3) is 4.19. The van der Waals surface area contributed by atoms with Gasteiger partial charge in [0.2, 0.25) is 0 Å². The third-order valence-electron chi connectivity index (χ3n) is 3.21. The summed E-state index contributed by atoms with van der Waals surface area (Å²) in [7, 11) is 2.47. The van der Waals surface area contributed by atoms with Crippen LogP contribution in [-0.4, -0.2) is 31.1 Å². The predicted molar refractivity (Wildman–Crippen MR) is 87.8 cm³/mol. The number of hydrogen-bond acceptors (Lipinski definition) is 6. The number of rotatable bonds is 6. The molecule has 0 radical (unpaired) electrons. The Bertz CT molecular complexity index is 718. The van der Waals surface area contributed by atoms with Gasteiger partial charge in [-0.1, -0.05) is 36.9 Å². The van der Waals surface area contributed by atoms with Gasteiger partial charge in [0.25, 0.3) is 0 Å². The Balaban J connectivity index is 2.22. The maximum absolute atomic E-state index is 11.7. The van der Waals surface area contributed by atoms with Crippen LogP contribution in [0.25, 0.3) is 6.08 Å². The Morgan fingerprint density at radius 1 is 1.04 bits per heavy atom. The van der Waals surface area contributed by atoms with Crippen molar-refractivity contribution in [1.82, 2.24) is 4.98 Å². The summed E-state index contributed by atoms with van der Waals surface area (Å²) in [6, 6.07) is 10.5. The highest BCUT2D eigenvalue weighted by molar-refractivity contribution is 5.92. The second-order valence-electron chi connectivity index (χ2n) is 4.79. The Morgan fingerprint density at radius 3 is 2.04 bits per heavy atom. The molecule has 0 atom stereocenters. The van der Waals surface area contributed by atoms with E-state index in [1.165, 1.54) is 26.4 Å². The van der Waals surface area contributed by atoms with Gasteiger partial charge in [-0.2, -0.15) is 0 Å². The van der Waals surface area contributed by atoms with Crippen LogP contribution in [0.3, 0.4) is 0 Å². The Labute approximate surface area is 139 Å². The summed E-state index contributed by atoms with van der Waals surface area (Å²) in [6.45, 7) is 3.96. The van der Waals surface area contributed by atoms with Gasteiger partial charge in [-0.25, -0.2) is 14.6 Å². The van der Waals surface area contributed by atoms with Crippen LogP contribution in [-0.2, 0) is 16.1 Å². The minimum atomic E-state index is -0.666. The fraction of sp³-hybridized carbons (Fsp3) is 0.167. The molecule has 0 aliphatic rings. The summed E-state index contributed by atoms with van der Waals surface area (Å²) in [5.74, 6) is -1.01. The molecule has 2 aromatic rings. The van der Waals surface area contributed by atoms with E-state index in [2.05, 4.69) is 21.0 Å². The summed E-state index contributed by atoms with van der Waals surface area (Å²) in [4.78, 5) is 27.3. The van der Waals surface area contributed by atoms with Crippen molar-refractivity contribution < 1.29 is 23.8 Å². The van der Waals surface area contributed by atoms with Crippen molar-refractivity contribution in [3.05, 3.63) is 65.5 Å². The molecule has 0 amide bonds. The number of carbonyl (C=O) groups is 2. The number of esters is 2. The average molecular weight is 327 g/mol. The lowest BCUT2D eigenvalue weighted by Crippen LogP contribution is -2.11. The normalized spacial score (nSPS) is 9.92. The highest BCUT2D eigenvalue weighted by Gasteiger charge is 2.16. The van der Waals surface area contributed by atoms with E-state index < -0.39 is 11.9 Å². The number of pyridine rings is 1. The number of aromatic nitrogens is 1.